The van der Waals surface area contributed by atoms with Gasteiger partial charge in [0.25, 0.3) is 0 Å². The highest BCUT2D eigenvalue weighted by Gasteiger charge is 2.18. The standard InChI is InChI=1S/C18H21NO3/c1-3-22-18(20)13-16(14-9-5-4-6-10-14)19-15-11-7-8-12-17(15)21-2/h4-12,16,19H,3,13H2,1-2H3. The van der Waals surface area contributed by atoms with E-state index in [0.717, 1.165) is 17.0 Å². The number of carbonyl (C=O) groups is 1. The van der Waals surface area contributed by atoms with Crippen LogP contribution in [0.25, 0.3) is 0 Å². The second-order valence-electron chi connectivity index (χ2n) is 4.82. The van der Waals surface area contributed by atoms with Gasteiger partial charge in [-0.05, 0) is 24.6 Å². The van der Waals surface area contributed by atoms with Crippen molar-refractivity contribution in [3.05, 3.63) is 60.2 Å². The monoisotopic (exact) mass is 299 g/mol. The number of ether oxygens (including phenoxy) is 2. The number of rotatable bonds is 7. The Morgan fingerprint density at radius 3 is 2.45 bits per heavy atom. The molecule has 0 fully saturated rings. The molecule has 0 saturated heterocycles. The summed E-state index contributed by atoms with van der Waals surface area (Å²) in [5, 5.41) is 3.38. The molecule has 2 aromatic carbocycles. The van der Waals surface area contributed by atoms with Crippen LogP contribution in [0.1, 0.15) is 24.9 Å². The van der Waals surface area contributed by atoms with Crippen molar-refractivity contribution in [2.24, 2.45) is 0 Å². The fraction of sp³-hybridized carbons (Fsp3) is 0.278. The molecule has 4 heteroatoms. The van der Waals surface area contributed by atoms with Gasteiger partial charge in [0.1, 0.15) is 5.75 Å². The second kappa shape index (κ2) is 8.08. The van der Waals surface area contributed by atoms with E-state index in [2.05, 4.69) is 5.32 Å². The smallest absolute Gasteiger partial charge is 0.308 e. The van der Waals surface area contributed by atoms with Crippen molar-refractivity contribution in [1.29, 1.82) is 0 Å². The van der Waals surface area contributed by atoms with E-state index in [1.54, 1.807) is 7.11 Å². The normalized spacial score (nSPS) is 11.5. The Morgan fingerprint density at radius 2 is 1.77 bits per heavy atom. The minimum Gasteiger partial charge on any atom is -0.495 e. The van der Waals surface area contributed by atoms with E-state index in [1.165, 1.54) is 0 Å². The highest BCUT2D eigenvalue weighted by molar-refractivity contribution is 5.71. The summed E-state index contributed by atoms with van der Waals surface area (Å²) in [5.74, 6) is 0.519. The zero-order valence-corrected chi connectivity index (χ0v) is 12.9. The predicted octanol–water partition coefficient (Wildman–Crippen LogP) is 3.80. The lowest BCUT2D eigenvalue weighted by Gasteiger charge is -2.21. The van der Waals surface area contributed by atoms with Crippen LogP contribution in [0.15, 0.2) is 54.6 Å². The first kappa shape index (κ1) is 15.9. The van der Waals surface area contributed by atoms with Crippen LogP contribution in [0.5, 0.6) is 5.75 Å². The van der Waals surface area contributed by atoms with Gasteiger partial charge in [-0.1, -0.05) is 42.5 Å². The third-order valence-corrected chi connectivity index (χ3v) is 3.31. The third kappa shape index (κ3) is 4.25. The van der Waals surface area contributed by atoms with Crippen LogP contribution in [0, 0.1) is 0 Å². The number of esters is 1. The molecular weight excluding hydrogens is 278 g/mol. The molecule has 0 aliphatic carbocycles. The summed E-state index contributed by atoms with van der Waals surface area (Å²) >= 11 is 0. The lowest BCUT2D eigenvalue weighted by Crippen LogP contribution is -2.17. The summed E-state index contributed by atoms with van der Waals surface area (Å²) in [6, 6.07) is 17.3. The van der Waals surface area contributed by atoms with Crippen LogP contribution in [0.2, 0.25) is 0 Å². The average molecular weight is 299 g/mol. The number of para-hydroxylation sites is 2. The molecule has 1 atom stereocenters. The maximum Gasteiger partial charge on any atom is 0.308 e. The van der Waals surface area contributed by atoms with E-state index in [4.69, 9.17) is 9.47 Å². The molecule has 116 valence electrons. The number of hydrogen-bond acceptors (Lipinski definition) is 4. The number of benzene rings is 2. The molecule has 1 N–H and O–H groups in total. The first-order chi connectivity index (χ1) is 10.7. The maximum absolute atomic E-state index is 11.9. The lowest BCUT2D eigenvalue weighted by atomic mass is 10.0. The van der Waals surface area contributed by atoms with Crippen molar-refractivity contribution in [2.75, 3.05) is 19.0 Å². The molecule has 22 heavy (non-hydrogen) atoms. The molecule has 4 nitrogen and oxygen atoms in total. The van der Waals surface area contributed by atoms with Crippen LogP contribution in [0.3, 0.4) is 0 Å². The second-order valence-corrected chi connectivity index (χ2v) is 4.82. The van der Waals surface area contributed by atoms with Gasteiger partial charge in [-0.15, -0.1) is 0 Å². The Hall–Kier alpha value is -2.49. The Balaban J connectivity index is 2.22. The Bertz CT molecular complexity index is 598. The van der Waals surface area contributed by atoms with E-state index < -0.39 is 0 Å². The van der Waals surface area contributed by atoms with Gasteiger partial charge in [0.15, 0.2) is 0 Å². The quantitative estimate of drug-likeness (QED) is 0.790. The van der Waals surface area contributed by atoms with Gasteiger partial charge in [0.05, 0.1) is 31.9 Å². The average Bonchev–Trinajstić information content (AvgIpc) is 2.56. The number of nitrogens with one attached hydrogen (secondary N) is 1. The molecule has 0 saturated carbocycles. The maximum atomic E-state index is 11.9. The van der Waals surface area contributed by atoms with Crippen LogP contribution in [-0.2, 0) is 9.53 Å². The van der Waals surface area contributed by atoms with Gasteiger partial charge in [-0.3, -0.25) is 4.79 Å². The van der Waals surface area contributed by atoms with E-state index in [9.17, 15) is 4.79 Å². The number of anilines is 1. The Kier molecular flexibility index (Phi) is 5.83. The molecule has 0 heterocycles. The molecule has 2 aromatic rings. The summed E-state index contributed by atoms with van der Waals surface area (Å²) in [6.45, 7) is 2.19. The minimum atomic E-state index is -0.223. The zero-order valence-electron chi connectivity index (χ0n) is 12.9. The Labute approximate surface area is 131 Å². The third-order valence-electron chi connectivity index (χ3n) is 3.31. The zero-order chi connectivity index (χ0) is 15.8. The predicted molar refractivity (Wildman–Crippen MR) is 87.0 cm³/mol. The van der Waals surface area contributed by atoms with E-state index in [1.807, 2.05) is 61.5 Å². The lowest BCUT2D eigenvalue weighted by molar-refractivity contribution is -0.143. The summed E-state index contributed by atoms with van der Waals surface area (Å²) < 4.78 is 10.4. The van der Waals surface area contributed by atoms with Gasteiger partial charge in [-0.2, -0.15) is 0 Å². The van der Waals surface area contributed by atoms with Crippen molar-refractivity contribution < 1.29 is 14.3 Å². The van der Waals surface area contributed by atoms with Crippen molar-refractivity contribution >= 4 is 11.7 Å². The number of methoxy groups -OCH3 is 1. The van der Waals surface area contributed by atoms with Crippen molar-refractivity contribution in [1.82, 2.24) is 0 Å². The first-order valence-electron chi connectivity index (χ1n) is 7.34. The van der Waals surface area contributed by atoms with Crippen molar-refractivity contribution in [2.45, 2.75) is 19.4 Å². The van der Waals surface area contributed by atoms with Crippen LogP contribution in [-0.4, -0.2) is 19.7 Å². The highest BCUT2D eigenvalue weighted by Crippen LogP contribution is 2.29. The first-order valence-corrected chi connectivity index (χ1v) is 7.34. The largest absolute Gasteiger partial charge is 0.495 e. The summed E-state index contributed by atoms with van der Waals surface area (Å²) in [6.07, 6.45) is 0.260. The Morgan fingerprint density at radius 1 is 1.09 bits per heavy atom. The SMILES string of the molecule is CCOC(=O)CC(Nc1ccccc1OC)c1ccccc1. The molecular formula is C18H21NO3. The molecule has 0 amide bonds. The van der Waals surface area contributed by atoms with Gasteiger partial charge in [0.2, 0.25) is 0 Å². The van der Waals surface area contributed by atoms with Crippen molar-refractivity contribution in [3.8, 4) is 5.75 Å². The molecule has 0 aromatic heterocycles. The van der Waals surface area contributed by atoms with Crippen LogP contribution in [0.4, 0.5) is 5.69 Å². The summed E-state index contributed by atoms with van der Waals surface area (Å²) in [4.78, 5) is 11.9. The van der Waals surface area contributed by atoms with E-state index in [0.29, 0.717) is 6.61 Å². The molecule has 2 rings (SSSR count). The highest BCUT2D eigenvalue weighted by atomic mass is 16.5. The molecule has 0 spiro atoms. The fourth-order valence-electron chi connectivity index (χ4n) is 2.28. The molecule has 0 aliphatic rings. The fourth-order valence-corrected chi connectivity index (χ4v) is 2.28. The van der Waals surface area contributed by atoms with Gasteiger partial charge in [-0.25, -0.2) is 0 Å². The topological polar surface area (TPSA) is 47.6 Å². The van der Waals surface area contributed by atoms with E-state index in [-0.39, 0.29) is 18.4 Å². The molecule has 1 unspecified atom stereocenters. The minimum absolute atomic E-state index is 0.170. The van der Waals surface area contributed by atoms with Crippen LogP contribution < -0.4 is 10.1 Å². The van der Waals surface area contributed by atoms with E-state index >= 15 is 0 Å². The number of carbonyl (C=O) groups excluding carboxylic acids is 1. The molecule has 0 radical (unpaired) electrons. The van der Waals surface area contributed by atoms with Crippen molar-refractivity contribution in [3.63, 3.8) is 0 Å². The van der Waals surface area contributed by atoms with Crippen LogP contribution >= 0.6 is 0 Å². The van der Waals surface area contributed by atoms with Gasteiger partial charge in [0, 0.05) is 0 Å². The summed E-state index contributed by atoms with van der Waals surface area (Å²) in [5.41, 5.74) is 1.88. The molecule has 0 bridgehead atoms. The molecule has 0 aliphatic heterocycles. The van der Waals surface area contributed by atoms with Gasteiger partial charge < -0.3 is 14.8 Å². The summed E-state index contributed by atoms with van der Waals surface area (Å²) in [7, 11) is 1.63. The number of hydrogen-bond donors (Lipinski definition) is 1. The van der Waals surface area contributed by atoms with Gasteiger partial charge >= 0.3 is 5.97 Å².